The van der Waals surface area contributed by atoms with Gasteiger partial charge in [-0.05, 0) is 13.8 Å². The van der Waals surface area contributed by atoms with E-state index < -0.39 is 6.10 Å². The van der Waals surface area contributed by atoms with Gasteiger partial charge < -0.3 is 10.0 Å². The van der Waals surface area contributed by atoms with Crippen molar-refractivity contribution in [2.24, 2.45) is 0 Å². The summed E-state index contributed by atoms with van der Waals surface area (Å²) in [4.78, 5) is 13.0. The second-order valence-electron chi connectivity index (χ2n) is 3.39. The maximum atomic E-state index is 11.3. The molecule has 68 valence electrons. The van der Waals surface area contributed by atoms with Gasteiger partial charge in [-0.3, -0.25) is 4.79 Å². The monoisotopic (exact) mass is 169 g/mol. The van der Waals surface area contributed by atoms with Crippen LogP contribution in [0, 0.1) is 0 Å². The van der Waals surface area contributed by atoms with Crippen LogP contribution in [0.15, 0.2) is 12.7 Å². The third kappa shape index (κ3) is 1.37. The molecule has 0 saturated carbocycles. The molecule has 1 amide bonds. The van der Waals surface area contributed by atoms with Gasteiger partial charge in [0.15, 0.2) is 0 Å². The molecule has 1 aliphatic heterocycles. The van der Waals surface area contributed by atoms with Crippen molar-refractivity contribution in [1.82, 2.24) is 4.90 Å². The van der Waals surface area contributed by atoms with E-state index in [4.69, 9.17) is 0 Å². The molecule has 1 aliphatic rings. The lowest BCUT2D eigenvalue weighted by Crippen LogP contribution is -2.40. The van der Waals surface area contributed by atoms with Crippen LogP contribution in [0.25, 0.3) is 0 Å². The summed E-state index contributed by atoms with van der Waals surface area (Å²) in [5.41, 5.74) is 0. The van der Waals surface area contributed by atoms with Crippen LogP contribution in [0.3, 0.4) is 0 Å². The number of nitrogens with zero attached hydrogens (tertiary/aromatic N) is 1. The predicted molar refractivity (Wildman–Crippen MR) is 46.6 cm³/mol. The molecule has 2 unspecified atom stereocenters. The number of amides is 1. The van der Waals surface area contributed by atoms with Crippen molar-refractivity contribution in [2.75, 3.05) is 0 Å². The molecular weight excluding hydrogens is 154 g/mol. The smallest absolute Gasteiger partial charge is 0.226 e. The summed E-state index contributed by atoms with van der Waals surface area (Å²) in [6.07, 6.45) is 1.29. The van der Waals surface area contributed by atoms with Crippen LogP contribution in [-0.2, 0) is 4.79 Å². The molecule has 0 radical (unpaired) electrons. The molecule has 1 heterocycles. The summed E-state index contributed by atoms with van der Waals surface area (Å²) in [7, 11) is 0. The van der Waals surface area contributed by atoms with Crippen LogP contribution in [0.4, 0.5) is 0 Å². The van der Waals surface area contributed by atoms with Crippen molar-refractivity contribution in [1.29, 1.82) is 0 Å². The minimum atomic E-state index is -0.572. The molecule has 3 nitrogen and oxygen atoms in total. The van der Waals surface area contributed by atoms with Crippen LogP contribution in [0.1, 0.15) is 20.3 Å². The summed E-state index contributed by atoms with van der Waals surface area (Å²) >= 11 is 0. The number of hydrogen-bond donors (Lipinski definition) is 1. The van der Waals surface area contributed by atoms with E-state index in [1.165, 1.54) is 0 Å². The molecular formula is C9H15NO2. The first-order valence-electron chi connectivity index (χ1n) is 4.19. The third-order valence-electron chi connectivity index (χ3n) is 2.19. The van der Waals surface area contributed by atoms with Crippen molar-refractivity contribution < 1.29 is 9.90 Å². The summed E-state index contributed by atoms with van der Waals surface area (Å²) in [5.74, 6) is 0.0161. The van der Waals surface area contributed by atoms with E-state index in [-0.39, 0.29) is 24.4 Å². The van der Waals surface area contributed by atoms with Crippen molar-refractivity contribution in [3.8, 4) is 0 Å². The summed E-state index contributed by atoms with van der Waals surface area (Å²) < 4.78 is 0. The molecule has 1 fully saturated rings. The van der Waals surface area contributed by atoms with Crippen molar-refractivity contribution >= 4 is 5.91 Å². The minimum Gasteiger partial charge on any atom is -0.390 e. The molecule has 0 aromatic carbocycles. The lowest BCUT2D eigenvalue weighted by Gasteiger charge is -2.27. The third-order valence-corrected chi connectivity index (χ3v) is 2.19. The lowest BCUT2D eigenvalue weighted by molar-refractivity contribution is -0.129. The van der Waals surface area contributed by atoms with Crippen molar-refractivity contribution in [3.05, 3.63) is 12.7 Å². The molecule has 0 aromatic rings. The van der Waals surface area contributed by atoms with Gasteiger partial charge >= 0.3 is 0 Å². The number of aliphatic hydroxyl groups is 1. The summed E-state index contributed by atoms with van der Waals surface area (Å²) in [5, 5.41) is 9.44. The van der Waals surface area contributed by atoms with E-state index in [1.54, 1.807) is 11.0 Å². The Morgan fingerprint density at radius 2 is 2.33 bits per heavy atom. The number of hydrogen-bond acceptors (Lipinski definition) is 2. The van der Waals surface area contributed by atoms with E-state index in [9.17, 15) is 9.90 Å². The maximum Gasteiger partial charge on any atom is 0.226 e. The lowest BCUT2D eigenvalue weighted by atomic mass is 10.1. The van der Waals surface area contributed by atoms with Gasteiger partial charge in [-0.15, -0.1) is 6.58 Å². The van der Waals surface area contributed by atoms with Gasteiger partial charge in [0, 0.05) is 6.04 Å². The van der Waals surface area contributed by atoms with Crippen LogP contribution < -0.4 is 0 Å². The molecule has 0 bridgehead atoms. The fraction of sp³-hybridized carbons (Fsp3) is 0.667. The molecule has 1 N–H and O–H groups in total. The highest BCUT2D eigenvalue weighted by atomic mass is 16.3. The number of likely N-dealkylation sites (tertiary alicyclic amines) is 1. The fourth-order valence-electron chi connectivity index (χ4n) is 1.66. The zero-order valence-corrected chi connectivity index (χ0v) is 7.53. The van der Waals surface area contributed by atoms with Gasteiger partial charge in [0.25, 0.3) is 0 Å². The molecule has 0 aliphatic carbocycles. The van der Waals surface area contributed by atoms with Gasteiger partial charge in [-0.2, -0.15) is 0 Å². The number of aliphatic hydroxyl groups excluding tert-OH is 1. The second-order valence-corrected chi connectivity index (χ2v) is 3.39. The minimum absolute atomic E-state index is 0.0161. The SMILES string of the molecule is C=CC1C(O)CC(=O)N1C(C)C. The zero-order chi connectivity index (χ0) is 9.30. The van der Waals surface area contributed by atoms with E-state index in [2.05, 4.69) is 6.58 Å². The summed E-state index contributed by atoms with van der Waals surface area (Å²) in [6, 6.07) is -0.0600. The van der Waals surface area contributed by atoms with E-state index in [0.29, 0.717) is 0 Å². The van der Waals surface area contributed by atoms with Crippen LogP contribution in [0.2, 0.25) is 0 Å². The Bertz CT molecular complexity index is 201. The molecule has 12 heavy (non-hydrogen) atoms. The van der Waals surface area contributed by atoms with Gasteiger partial charge in [0.2, 0.25) is 5.91 Å². The predicted octanol–water partition coefficient (Wildman–Crippen LogP) is 0.543. The molecule has 0 spiro atoms. The highest BCUT2D eigenvalue weighted by Crippen LogP contribution is 2.22. The maximum absolute atomic E-state index is 11.3. The highest BCUT2D eigenvalue weighted by Gasteiger charge is 2.37. The highest BCUT2D eigenvalue weighted by molar-refractivity contribution is 5.80. The van der Waals surface area contributed by atoms with Gasteiger partial charge in [-0.1, -0.05) is 6.08 Å². The van der Waals surface area contributed by atoms with E-state index in [1.807, 2.05) is 13.8 Å². The van der Waals surface area contributed by atoms with Crippen molar-refractivity contribution in [3.63, 3.8) is 0 Å². The van der Waals surface area contributed by atoms with E-state index >= 15 is 0 Å². The molecule has 1 saturated heterocycles. The first kappa shape index (κ1) is 9.26. The fourth-order valence-corrected chi connectivity index (χ4v) is 1.66. The Morgan fingerprint density at radius 1 is 1.75 bits per heavy atom. The molecule has 0 aromatic heterocycles. The molecule has 3 heteroatoms. The first-order chi connectivity index (χ1) is 5.57. The van der Waals surface area contributed by atoms with Crippen molar-refractivity contribution in [2.45, 2.75) is 38.5 Å². The Hall–Kier alpha value is -0.830. The Balaban J connectivity index is 2.81. The topological polar surface area (TPSA) is 40.5 Å². The standard InChI is InChI=1S/C9H15NO2/c1-4-7-8(11)5-9(12)10(7)6(2)3/h4,6-8,11H,1,5H2,2-3H3. The van der Waals surface area contributed by atoms with Gasteiger partial charge in [0.05, 0.1) is 18.6 Å². The van der Waals surface area contributed by atoms with E-state index in [0.717, 1.165) is 0 Å². The largest absolute Gasteiger partial charge is 0.390 e. The normalized spacial score (nSPS) is 30.0. The first-order valence-corrected chi connectivity index (χ1v) is 4.19. The van der Waals surface area contributed by atoms with Crippen LogP contribution >= 0.6 is 0 Å². The number of rotatable bonds is 2. The number of carbonyl (C=O) groups excluding carboxylic acids is 1. The zero-order valence-electron chi connectivity index (χ0n) is 7.53. The van der Waals surface area contributed by atoms with Gasteiger partial charge in [0.1, 0.15) is 0 Å². The number of carbonyl (C=O) groups is 1. The Kier molecular flexibility index (Phi) is 2.52. The summed E-state index contributed by atoms with van der Waals surface area (Å²) in [6.45, 7) is 7.48. The molecule has 1 rings (SSSR count). The second kappa shape index (κ2) is 3.27. The average molecular weight is 169 g/mol. The Labute approximate surface area is 72.7 Å². The van der Waals surface area contributed by atoms with Gasteiger partial charge in [-0.25, -0.2) is 0 Å². The van der Waals surface area contributed by atoms with Crippen LogP contribution in [-0.4, -0.2) is 34.1 Å². The quantitative estimate of drug-likeness (QED) is 0.613. The van der Waals surface area contributed by atoms with Crippen LogP contribution in [0.5, 0.6) is 0 Å². The average Bonchev–Trinajstić information content (AvgIpc) is 2.24. The Morgan fingerprint density at radius 3 is 2.67 bits per heavy atom. The molecule has 2 atom stereocenters.